The van der Waals surface area contributed by atoms with E-state index in [1.165, 1.54) is 11.8 Å². The zero-order chi connectivity index (χ0) is 21.1. The Morgan fingerprint density at radius 3 is 2.63 bits per heavy atom. The van der Waals surface area contributed by atoms with Crippen LogP contribution in [0, 0.1) is 0 Å². The van der Waals surface area contributed by atoms with E-state index in [1.807, 2.05) is 31.2 Å². The maximum absolute atomic E-state index is 12.4. The van der Waals surface area contributed by atoms with Gasteiger partial charge in [-0.3, -0.25) is 4.79 Å². The van der Waals surface area contributed by atoms with Crippen molar-refractivity contribution in [1.29, 1.82) is 0 Å². The number of carbonyl (C=O) groups excluding carboxylic acids is 1. The summed E-state index contributed by atoms with van der Waals surface area (Å²) in [7, 11) is 0. The number of amidine groups is 1. The minimum atomic E-state index is -0.249. The fraction of sp³-hybridized carbons (Fsp3) is 0.0909. The highest BCUT2D eigenvalue weighted by atomic mass is 35.5. The van der Waals surface area contributed by atoms with Gasteiger partial charge in [0.2, 0.25) is 0 Å². The molecule has 0 saturated carbocycles. The van der Waals surface area contributed by atoms with Crippen molar-refractivity contribution in [1.82, 2.24) is 5.32 Å². The molecule has 30 heavy (non-hydrogen) atoms. The van der Waals surface area contributed by atoms with Crippen LogP contribution in [0.1, 0.15) is 12.7 Å². The standard InChI is InChI=1S/C22H16Cl2N2O3S/c1-2-28-17-9-4-3-8-16(17)25-22-26-21(27)19(30-22)12-13-10-11-18(29-13)20-14(23)6-5-7-15(20)24/h3-12H,2H2,1H3,(H,25,26,27)/b19-12+. The number of hydrogen-bond acceptors (Lipinski definition) is 5. The smallest absolute Gasteiger partial charge is 0.264 e. The van der Waals surface area contributed by atoms with Gasteiger partial charge in [0.05, 0.1) is 27.1 Å². The molecule has 0 aliphatic carbocycles. The van der Waals surface area contributed by atoms with Crippen molar-refractivity contribution < 1.29 is 13.9 Å². The summed E-state index contributed by atoms with van der Waals surface area (Å²) in [6.45, 7) is 2.44. The highest BCUT2D eigenvalue weighted by Crippen LogP contribution is 2.37. The molecule has 1 aliphatic rings. The molecular weight excluding hydrogens is 443 g/mol. The first-order chi connectivity index (χ1) is 14.5. The number of para-hydroxylation sites is 2. The third-order valence-electron chi connectivity index (χ3n) is 4.15. The van der Waals surface area contributed by atoms with Crippen LogP contribution in [0.3, 0.4) is 0 Å². The van der Waals surface area contributed by atoms with Gasteiger partial charge in [-0.1, -0.05) is 41.4 Å². The molecule has 8 heteroatoms. The summed E-state index contributed by atoms with van der Waals surface area (Å²) in [6.07, 6.45) is 1.66. The molecular formula is C22H16Cl2N2O3S. The molecule has 0 spiro atoms. The lowest BCUT2D eigenvalue weighted by atomic mass is 10.2. The second-order valence-corrected chi connectivity index (χ2v) is 8.03. The van der Waals surface area contributed by atoms with E-state index in [-0.39, 0.29) is 5.91 Å². The molecule has 4 rings (SSSR count). The summed E-state index contributed by atoms with van der Waals surface area (Å²) in [5, 5.41) is 4.22. The Morgan fingerprint density at radius 2 is 1.87 bits per heavy atom. The maximum Gasteiger partial charge on any atom is 0.264 e. The number of benzene rings is 2. The Balaban J connectivity index is 1.58. The molecule has 152 valence electrons. The van der Waals surface area contributed by atoms with Crippen LogP contribution < -0.4 is 10.1 Å². The molecule has 1 fully saturated rings. The number of halogens is 2. The highest BCUT2D eigenvalue weighted by Gasteiger charge is 2.25. The van der Waals surface area contributed by atoms with E-state index in [2.05, 4.69) is 10.3 Å². The van der Waals surface area contributed by atoms with Crippen molar-refractivity contribution in [3.63, 3.8) is 0 Å². The van der Waals surface area contributed by atoms with Crippen LogP contribution in [0.5, 0.6) is 5.75 Å². The van der Waals surface area contributed by atoms with Gasteiger partial charge < -0.3 is 14.5 Å². The lowest BCUT2D eigenvalue weighted by Crippen LogP contribution is -2.19. The molecule has 2 aromatic carbocycles. The number of nitrogens with one attached hydrogen (secondary N) is 1. The number of carbonyl (C=O) groups is 1. The van der Waals surface area contributed by atoms with Crippen molar-refractivity contribution in [2.45, 2.75) is 6.92 Å². The van der Waals surface area contributed by atoms with Crippen LogP contribution in [-0.2, 0) is 4.79 Å². The Labute approximate surface area is 187 Å². The van der Waals surface area contributed by atoms with Crippen LogP contribution in [0.2, 0.25) is 10.0 Å². The summed E-state index contributed by atoms with van der Waals surface area (Å²) in [5.41, 5.74) is 1.26. The Kier molecular flexibility index (Phi) is 6.18. The molecule has 0 radical (unpaired) electrons. The second kappa shape index (κ2) is 9.00. The third-order valence-corrected chi connectivity index (χ3v) is 5.69. The van der Waals surface area contributed by atoms with E-state index < -0.39 is 0 Å². The van der Waals surface area contributed by atoms with E-state index >= 15 is 0 Å². The number of hydrogen-bond donors (Lipinski definition) is 1. The van der Waals surface area contributed by atoms with E-state index in [4.69, 9.17) is 32.4 Å². The molecule has 0 atom stereocenters. The lowest BCUT2D eigenvalue weighted by molar-refractivity contribution is -0.115. The number of nitrogens with zero attached hydrogens (tertiary/aromatic N) is 1. The predicted molar refractivity (Wildman–Crippen MR) is 123 cm³/mol. The summed E-state index contributed by atoms with van der Waals surface area (Å²) in [6, 6.07) is 16.2. The van der Waals surface area contributed by atoms with Gasteiger partial charge in [-0.25, -0.2) is 4.99 Å². The Bertz CT molecular complexity index is 1150. The van der Waals surface area contributed by atoms with Gasteiger partial charge in [0.1, 0.15) is 23.0 Å². The minimum absolute atomic E-state index is 0.249. The number of thioether (sulfide) groups is 1. The topological polar surface area (TPSA) is 63.8 Å². The number of rotatable bonds is 5. The van der Waals surface area contributed by atoms with Gasteiger partial charge in [0.25, 0.3) is 5.91 Å². The SMILES string of the molecule is CCOc1ccccc1N=C1NC(=O)/C(=C\c2ccc(-c3c(Cl)cccc3Cl)o2)S1. The van der Waals surface area contributed by atoms with Crippen LogP contribution in [-0.4, -0.2) is 17.7 Å². The summed E-state index contributed by atoms with van der Waals surface area (Å²) in [5.74, 6) is 1.45. The van der Waals surface area contributed by atoms with E-state index in [1.54, 1.807) is 36.4 Å². The van der Waals surface area contributed by atoms with Gasteiger partial charge >= 0.3 is 0 Å². The fourth-order valence-corrected chi connectivity index (χ4v) is 4.24. The first-order valence-corrected chi connectivity index (χ1v) is 10.7. The van der Waals surface area contributed by atoms with Gasteiger partial charge in [-0.15, -0.1) is 0 Å². The molecule has 5 nitrogen and oxygen atoms in total. The highest BCUT2D eigenvalue weighted by molar-refractivity contribution is 8.18. The molecule has 1 aliphatic heterocycles. The van der Waals surface area contributed by atoms with Crippen molar-refractivity contribution in [2.24, 2.45) is 4.99 Å². The zero-order valence-electron chi connectivity index (χ0n) is 15.8. The lowest BCUT2D eigenvalue weighted by Gasteiger charge is -2.06. The Hall–Kier alpha value is -2.67. The van der Waals surface area contributed by atoms with Crippen LogP contribution in [0.4, 0.5) is 5.69 Å². The molecule has 0 unspecified atom stereocenters. The van der Waals surface area contributed by atoms with Crippen LogP contribution in [0.15, 0.2) is 68.9 Å². The molecule has 1 amide bonds. The van der Waals surface area contributed by atoms with Crippen molar-refractivity contribution in [3.05, 3.63) is 75.3 Å². The molecule has 1 N–H and O–H groups in total. The number of aliphatic imine (C=N–C) groups is 1. The van der Waals surface area contributed by atoms with Gasteiger partial charge in [0.15, 0.2) is 5.17 Å². The first-order valence-electron chi connectivity index (χ1n) is 9.11. The summed E-state index contributed by atoms with van der Waals surface area (Å²) >= 11 is 13.7. The maximum atomic E-state index is 12.4. The molecule has 1 aromatic heterocycles. The van der Waals surface area contributed by atoms with Crippen molar-refractivity contribution in [2.75, 3.05) is 6.61 Å². The predicted octanol–water partition coefficient (Wildman–Crippen LogP) is 6.54. The van der Waals surface area contributed by atoms with E-state index in [0.717, 1.165) is 0 Å². The quantitative estimate of drug-likeness (QED) is 0.440. The molecule has 1 saturated heterocycles. The summed E-state index contributed by atoms with van der Waals surface area (Å²) in [4.78, 5) is 17.4. The van der Waals surface area contributed by atoms with Crippen LogP contribution >= 0.6 is 35.0 Å². The van der Waals surface area contributed by atoms with Crippen molar-refractivity contribution >= 4 is 57.8 Å². The Morgan fingerprint density at radius 1 is 1.10 bits per heavy atom. The number of furan rings is 1. The van der Waals surface area contributed by atoms with E-state index in [9.17, 15) is 4.79 Å². The zero-order valence-corrected chi connectivity index (χ0v) is 18.1. The van der Waals surface area contributed by atoms with Gasteiger partial charge in [0, 0.05) is 6.08 Å². The molecule has 0 bridgehead atoms. The van der Waals surface area contributed by atoms with E-state index in [0.29, 0.717) is 55.2 Å². The van der Waals surface area contributed by atoms with Gasteiger partial charge in [-0.05, 0) is 55.1 Å². The van der Waals surface area contributed by atoms with Crippen LogP contribution in [0.25, 0.3) is 17.4 Å². The molecule has 2 heterocycles. The number of ether oxygens (including phenoxy) is 1. The average Bonchev–Trinajstić information content (AvgIpc) is 3.30. The number of amides is 1. The largest absolute Gasteiger partial charge is 0.492 e. The molecule has 3 aromatic rings. The third kappa shape index (κ3) is 4.41. The first kappa shape index (κ1) is 20.6. The minimum Gasteiger partial charge on any atom is -0.492 e. The average molecular weight is 459 g/mol. The fourth-order valence-electron chi connectivity index (χ4n) is 2.84. The van der Waals surface area contributed by atoms with Crippen molar-refractivity contribution in [3.8, 4) is 17.1 Å². The normalized spacial score (nSPS) is 16.3. The monoisotopic (exact) mass is 458 g/mol. The second-order valence-electron chi connectivity index (χ2n) is 6.18. The van der Waals surface area contributed by atoms with Gasteiger partial charge in [-0.2, -0.15) is 0 Å². The summed E-state index contributed by atoms with van der Waals surface area (Å²) < 4.78 is 11.4.